The summed E-state index contributed by atoms with van der Waals surface area (Å²) in [4.78, 5) is 3.64. The van der Waals surface area contributed by atoms with E-state index < -0.39 is 0 Å². The average Bonchev–Trinajstić information content (AvgIpc) is 2.84. The molecule has 0 unspecified atom stereocenters. The molecule has 1 saturated carbocycles. The summed E-state index contributed by atoms with van der Waals surface area (Å²) in [6.45, 7) is 0. The van der Waals surface area contributed by atoms with E-state index >= 15 is 0 Å². The number of nitrogens with one attached hydrogen (secondary N) is 1. The first-order valence-electron chi connectivity index (χ1n) is 5.33. The van der Waals surface area contributed by atoms with Crippen LogP contribution in [0.3, 0.4) is 0 Å². The van der Waals surface area contributed by atoms with Crippen LogP contribution >= 0.6 is 27.7 Å². The molecular formula is C11H14BrNS. The summed E-state index contributed by atoms with van der Waals surface area (Å²) >= 11 is 5.78. The van der Waals surface area contributed by atoms with E-state index in [0.717, 1.165) is 5.92 Å². The van der Waals surface area contributed by atoms with E-state index in [2.05, 4.69) is 20.9 Å². The molecule has 0 bridgehead atoms. The van der Waals surface area contributed by atoms with Crippen molar-refractivity contribution in [3.63, 3.8) is 0 Å². The average molecular weight is 272 g/mol. The van der Waals surface area contributed by atoms with E-state index in [4.69, 9.17) is 0 Å². The van der Waals surface area contributed by atoms with Crippen LogP contribution in [0.1, 0.15) is 48.6 Å². The summed E-state index contributed by atoms with van der Waals surface area (Å²) in [5.74, 6) is 3.18. The van der Waals surface area contributed by atoms with Gasteiger partial charge in [0.05, 0.1) is 0 Å². The fraction of sp³-hybridized carbons (Fsp3) is 0.636. The van der Waals surface area contributed by atoms with Crippen molar-refractivity contribution in [2.24, 2.45) is 0 Å². The Morgan fingerprint density at radius 1 is 1.21 bits per heavy atom. The van der Waals surface area contributed by atoms with Gasteiger partial charge in [-0.2, -0.15) is 11.8 Å². The molecule has 1 aliphatic heterocycles. The third-order valence-electron chi connectivity index (χ3n) is 3.41. The molecule has 1 aliphatic carbocycles. The minimum atomic E-state index is 0.806. The molecule has 3 heteroatoms. The zero-order valence-corrected chi connectivity index (χ0v) is 10.5. The topological polar surface area (TPSA) is 15.8 Å². The fourth-order valence-electron chi connectivity index (χ4n) is 2.61. The summed E-state index contributed by atoms with van der Waals surface area (Å²) in [5.41, 5.74) is 4.51. The molecule has 2 heterocycles. The number of aromatic nitrogens is 1. The molecule has 0 amide bonds. The molecular weight excluding hydrogens is 258 g/mol. The molecule has 1 aromatic heterocycles. The van der Waals surface area contributed by atoms with Crippen LogP contribution in [0.4, 0.5) is 0 Å². The van der Waals surface area contributed by atoms with Crippen molar-refractivity contribution in [3.05, 3.63) is 21.4 Å². The lowest BCUT2D eigenvalue weighted by atomic mass is 10.0. The Labute approximate surface area is 97.2 Å². The number of halogens is 1. The van der Waals surface area contributed by atoms with E-state index in [1.807, 2.05) is 11.8 Å². The number of hydrogen-bond acceptors (Lipinski definition) is 1. The van der Waals surface area contributed by atoms with Crippen molar-refractivity contribution in [2.75, 3.05) is 0 Å². The Balaban J connectivity index is 1.98. The Morgan fingerprint density at radius 2 is 2.00 bits per heavy atom. The lowest BCUT2D eigenvalue weighted by Crippen LogP contribution is -1.94. The summed E-state index contributed by atoms with van der Waals surface area (Å²) in [7, 11) is 0. The SMILES string of the molecule is Brc1c(C2CCCC2)[nH]c2c1CSC2. The van der Waals surface area contributed by atoms with Crippen molar-refractivity contribution in [1.82, 2.24) is 4.98 Å². The predicted octanol–water partition coefficient (Wildman–Crippen LogP) is 4.18. The Morgan fingerprint density at radius 3 is 2.71 bits per heavy atom. The van der Waals surface area contributed by atoms with Crippen LogP contribution in [0.25, 0.3) is 0 Å². The molecule has 1 nitrogen and oxygen atoms in total. The highest BCUT2D eigenvalue weighted by molar-refractivity contribution is 9.10. The molecule has 0 saturated heterocycles. The highest BCUT2D eigenvalue weighted by Crippen LogP contribution is 2.43. The van der Waals surface area contributed by atoms with Crippen molar-refractivity contribution >= 4 is 27.7 Å². The first kappa shape index (κ1) is 9.34. The van der Waals surface area contributed by atoms with E-state index in [1.54, 1.807) is 0 Å². The molecule has 76 valence electrons. The van der Waals surface area contributed by atoms with Gasteiger partial charge in [0.1, 0.15) is 0 Å². The summed E-state index contributed by atoms with van der Waals surface area (Å²) in [5, 5.41) is 0. The third kappa shape index (κ3) is 1.36. The van der Waals surface area contributed by atoms with Gasteiger partial charge in [0.15, 0.2) is 0 Å². The Hall–Kier alpha value is 0.110. The molecule has 14 heavy (non-hydrogen) atoms. The first-order valence-corrected chi connectivity index (χ1v) is 7.28. The molecule has 1 fully saturated rings. The maximum atomic E-state index is 3.77. The minimum Gasteiger partial charge on any atom is -0.360 e. The van der Waals surface area contributed by atoms with E-state index in [9.17, 15) is 0 Å². The quantitative estimate of drug-likeness (QED) is 0.810. The lowest BCUT2D eigenvalue weighted by Gasteiger charge is -2.08. The summed E-state index contributed by atoms with van der Waals surface area (Å²) < 4.78 is 1.39. The van der Waals surface area contributed by atoms with Gasteiger partial charge < -0.3 is 4.98 Å². The van der Waals surface area contributed by atoms with Crippen LogP contribution in [0.2, 0.25) is 0 Å². The summed E-state index contributed by atoms with van der Waals surface area (Å²) in [6, 6.07) is 0. The number of fused-ring (bicyclic) bond motifs is 1. The van der Waals surface area contributed by atoms with Gasteiger partial charge >= 0.3 is 0 Å². The van der Waals surface area contributed by atoms with Crippen LogP contribution in [0.5, 0.6) is 0 Å². The van der Waals surface area contributed by atoms with Gasteiger partial charge in [-0.3, -0.25) is 0 Å². The van der Waals surface area contributed by atoms with Crippen LogP contribution in [-0.2, 0) is 11.5 Å². The zero-order valence-electron chi connectivity index (χ0n) is 8.11. The van der Waals surface area contributed by atoms with Crippen LogP contribution in [-0.4, -0.2) is 4.98 Å². The molecule has 0 aromatic carbocycles. The fourth-order valence-corrected chi connectivity index (χ4v) is 4.68. The number of H-pyrrole nitrogens is 1. The van der Waals surface area contributed by atoms with Crippen LogP contribution in [0, 0.1) is 0 Å². The number of thioether (sulfide) groups is 1. The lowest BCUT2D eigenvalue weighted by molar-refractivity contribution is 0.697. The maximum absolute atomic E-state index is 3.77. The first-order chi connectivity index (χ1) is 6.86. The number of rotatable bonds is 1. The molecule has 0 radical (unpaired) electrons. The molecule has 0 spiro atoms. The van der Waals surface area contributed by atoms with Crippen LogP contribution in [0.15, 0.2) is 4.47 Å². The van der Waals surface area contributed by atoms with Gasteiger partial charge in [0.25, 0.3) is 0 Å². The van der Waals surface area contributed by atoms with Gasteiger partial charge in [-0.1, -0.05) is 12.8 Å². The van der Waals surface area contributed by atoms with Gasteiger partial charge in [-0.15, -0.1) is 0 Å². The largest absolute Gasteiger partial charge is 0.360 e. The number of hydrogen-bond donors (Lipinski definition) is 1. The van der Waals surface area contributed by atoms with Crippen LogP contribution < -0.4 is 0 Å². The minimum absolute atomic E-state index is 0.806. The normalized spacial score (nSPS) is 21.8. The Bertz CT molecular complexity index is 352. The Kier molecular flexibility index (Phi) is 2.40. The van der Waals surface area contributed by atoms with Crippen molar-refractivity contribution in [2.45, 2.75) is 43.1 Å². The predicted molar refractivity (Wildman–Crippen MR) is 64.7 cm³/mol. The standard InChI is InChI=1S/C11H14BrNS/c12-10-8-5-14-6-9(8)13-11(10)7-3-1-2-4-7/h7,13H,1-6H2. The second kappa shape index (κ2) is 3.60. The molecule has 2 aliphatic rings. The maximum Gasteiger partial charge on any atom is 0.0429 e. The number of aromatic amines is 1. The van der Waals surface area contributed by atoms with Gasteiger partial charge in [-0.05, 0) is 34.3 Å². The van der Waals surface area contributed by atoms with Gasteiger partial charge in [0.2, 0.25) is 0 Å². The zero-order chi connectivity index (χ0) is 9.54. The van der Waals surface area contributed by atoms with E-state index in [1.165, 1.54) is 58.6 Å². The summed E-state index contributed by atoms with van der Waals surface area (Å²) in [6.07, 6.45) is 5.58. The van der Waals surface area contributed by atoms with Gasteiger partial charge in [-0.25, -0.2) is 0 Å². The molecule has 3 rings (SSSR count). The monoisotopic (exact) mass is 271 g/mol. The smallest absolute Gasteiger partial charge is 0.0429 e. The van der Waals surface area contributed by atoms with Gasteiger partial charge in [0, 0.05) is 33.3 Å². The van der Waals surface area contributed by atoms with E-state index in [0.29, 0.717) is 0 Å². The second-order valence-corrected chi connectivity index (χ2v) is 6.06. The van der Waals surface area contributed by atoms with Crippen molar-refractivity contribution in [3.8, 4) is 0 Å². The van der Waals surface area contributed by atoms with Crippen molar-refractivity contribution < 1.29 is 0 Å². The highest BCUT2D eigenvalue weighted by atomic mass is 79.9. The molecule has 1 aromatic rings. The van der Waals surface area contributed by atoms with E-state index in [-0.39, 0.29) is 0 Å². The van der Waals surface area contributed by atoms with Crippen molar-refractivity contribution in [1.29, 1.82) is 0 Å². The second-order valence-electron chi connectivity index (χ2n) is 4.28. The highest BCUT2D eigenvalue weighted by Gasteiger charge is 2.26. The molecule has 1 N–H and O–H groups in total. The molecule has 0 atom stereocenters. The third-order valence-corrected chi connectivity index (χ3v) is 5.30.